The molecule has 19 heavy (non-hydrogen) atoms. The summed E-state index contributed by atoms with van der Waals surface area (Å²) in [6, 6.07) is -0.681. The first-order valence-corrected chi connectivity index (χ1v) is 6.65. The Kier molecular flexibility index (Phi) is 4.49. The van der Waals surface area contributed by atoms with E-state index in [0.29, 0.717) is 12.2 Å². The van der Waals surface area contributed by atoms with Crippen LogP contribution in [0.2, 0.25) is 0 Å². The smallest absolute Gasteiger partial charge is 0.326 e. The van der Waals surface area contributed by atoms with Crippen molar-refractivity contribution in [3.8, 4) is 0 Å². The number of carbonyl (C=O) groups is 1. The van der Waals surface area contributed by atoms with E-state index in [4.69, 9.17) is 0 Å². The summed E-state index contributed by atoms with van der Waals surface area (Å²) < 4.78 is 0. The summed E-state index contributed by atoms with van der Waals surface area (Å²) >= 11 is 0. The summed E-state index contributed by atoms with van der Waals surface area (Å²) in [5.41, 5.74) is 2.13. The van der Waals surface area contributed by atoms with E-state index < -0.39 is 12.0 Å². The fraction of sp³-hybridized carbons (Fsp3) is 0.500. The van der Waals surface area contributed by atoms with Crippen LogP contribution in [0.1, 0.15) is 36.9 Å². The minimum absolute atomic E-state index is 0.369. The Morgan fingerprint density at radius 1 is 1.42 bits per heavy atom. The van der Waals surface area contributed by atoms with Gasteiger partial charge in [0, 0.05) is 11.3 Å². The second-order valence-corrected chi connectivity index (χ2v) is 4.77. The first-order chi connectivity index (χ1) is 9.22. The predicted octanol–water partition coefficient (Wildman–Crippen LogP) is 2.19. The number of carboxylic acids is 1. The van der Waals surface area contributed by atoms with Gasteiger partial charge >= 0.3 is 5.97 Å². The minimum atomic E-state index is -0.888. The Labute approximate surface area is 112 Å². The van der Waals surface area contributed by atoms with Gasteiger partial charge in [-0.15, -0.1) is 6.58 Å². The second kappa shape index (κ2) is 6.31. The molecule has 102 valence electrons. The molecule has 1 aromatic heterocycles. The van der Waals surface area contributed by atoms with Crippen LogP contribution in [-0.2, 0) is 17.6 Å². The lowest BCUT2D eigenvalue weighted by molar-refractivity contribution is -0.137. The quantitative estimate of drug-likeness (QED) is 0.627. The van der Waals surface area contributed by atoms with E-state index >= 15 is 0 Å². The molecule has 1 unspecified atom stereocenters. The van der Waals surface area contributed by atoms with E-state index in [0.717, 1.165) is 36.9 Å². The molecule has 0 saturated heterocycles. The number of hydrogen-bond donors (Lipinski definition) is 2. The maximum atomic E-state index is 11.2. The van der Waals surface area contributed by atoms with Gasteiger partial charge in [0.25, 0.3) is 0 Å². The Morgan fingerprint density at radius 2 is 2.21 bits per heavy atom. The Bertz CT molecular complexity index is 474. The van der Waals surface area contributed by atoms with Gasteiger partial charge in [-0.3, -0.25) is 0 Å². The SMILES string of the molecule is C=CCC(Nc1ncnc2c1CCCCC2)C(=O)O. The molecule has 1 atom stereocenters. The van der Waals surface area contributed by atoms with Crippen molar-refractivity contribution in [2.45, 2.75) is 44.6 Å². The van der Waals surface area contributed by atoms with E-state index in [1.807, 2.05) is 0 Å². The third-order valence-electron chi connectivity index (χ3n) is 3.39. The number of fused-ring (bicyclic) bond motifs is 1. The zero-order valence-corrected chi connectivity index (χ0v) is 10.9. The van der Waals surface area contributed by atoms with Crippen molar-refractivity contribution in [1.29, 1.82) is 0 Å². The molecule has 1 aliphatic rings. The first kappa shape index (κ1) is 13.5. The third kappa shape index (κ3) is 3.30. The molecule has 0 bridgehead atoms. The number of nitrogens with zero attached hydrogens (tertiary/aromatic N) is 2. The van der Waals surface area contributed by atoms with Gasteiger partial charge in [-0.05, 0) is 32.1 Å². The molecule has 5 nitrogen and oxygen atoms in total. The van der Waals surface area contributed by atoms with E-state index in [1.54, 1.807) is 6.08 Å². The zero-order valence-electron chi connectivity index (χ0n) is 10.9. The summed E-state index contributed by atoms with van der Waals surface area (Å²) in [6.45, 7) is 3.59. The lowest BCUT2D eigenvalue weighted by atomic mass is 10.1. The van der Waals surface area contributed by atoms with Crippen LogP contribution in [0.25, 0.3) is 0 Å². The Hall–Kier alpha value is -1.91. The monoisotopic (exact) mass is 261 g/mol. The molecule has 2 rings (SSSR count). The summed E-state index contributed by atoms with van der Waals surface area (Å²) in [5.74, 6) is -0.220. The van der Waals surface area contributed by atoms with Gasteiger partial charge < -0.3 is 10.4 Å². The van der Waals surface area contributed by atoms with E-state index in [-0.39, 0.29) is 0 Å². The van der Waals surface area contributed by atoms with Gasteiger partial charge in [-0.1, -0.05) is 12.5 Å². The third-order valence-corrected chi connectivity index (χ3v) is 3.39. The Balaban J connectivity index is 2.24. The molecule has 1 aliphatic carbocycles. The molecule has 0 aliphatic heterocycles. The van der Waals surface area contributed by atoms with Crippen molar-refractivity contribution in [3.05, 3.63) is 30.2 Å². The lowest BCUT2D eigenvalue weighted by Gasteiger charge is -2.17. The fourth-order valence-electron chi connectivity index (χ4n) is 2.38. The van der Waals surface area contributed by atoms with Crippen LogP contribution in [-0.4, -0.2) is 27.1 Å². The number of aryl methyl sites for hydroxylation is 1. The van der Waals surface area contributed by atoms with Crippen LogP contribution in [0.4, 0.5) is 5.82 Å². The van der Waals surface area contributed by atoms with Crippen LogP contribution >= 0.6 is 0 Å². The molecule has 1 aromatic rings. The summed E-state index contributed by atoms with van der Waals surface area (Å²) in [6.07, 6.45) is 8.78. The second-order valence-electron chi connectivity index (χ2n) is 4.77. The van der Waals surface area contributed by atoms with Crippen molar-refractivity contribution in [3.63, 3.8) is 0 Å². The molecular weight excluding hydrogens is 242 g/mol. The van der Waals surface area contributed by atoms with Crippen molar-refractivity contribution < 1.29 is 9.90 Å². The Morgan fingerprint density at radius 3 is 2.95 bits per heavy atom. The number of carboxylic acid groups (broad SMARTS) is 1. The average Bonchev–Trinajstić information content (AvgIpc) is 2.64. The number of nitrogens with one attached hydrogen (secondary N) is 1. The van der Waals surface area contributed by atoms with Crippen LogP contribution in [0.15, 0.2) is 19.0 Å². The van der Waals surface area contributed by atoms with Crippen molar-refractivity contribution in [1.82, 2.24) is 9.97 Å². The lowest BCUT2D eigenvalue weighted by Crippen LogP contribution is -2.29. The largest absolute Gasteiger partial charge is 0.480 e. The number of aliphatic carboxylic acids is 1. The maximum Gasteiger partial charge on any atom is 0.326 e. The number of hydrogen-bond acceptors (Lipinski definition) is 4. The zero-order chi connectivity index (χ0) is 13.7. The van der Waals surface area contributed by atoms with Gasteiger partial charge in [0.15, 0.2) is 0 Å². The van der Waals surface area contributed by atoms with Crippen LogP contribution < -0.4 is 5.32 Å². The molecule has 5 heteroatoms. The number of anilines is 1. The summed E-state index contributed by atoms with van der Waals surface area (Å²) in [5, 5.41) is 12.2. The highest BCUT2D eigenvalue weighted by Gasteiger charge is 2.20. The highest BCUT2D eigenvalue weighted by Crippen LogP contribution is 2.24. The maximum absolute atomic E-state index is 11.2. The van der Waals surface area contributed by atoms with Gasteiger partial charge in [-0.2, -0.15) is 0 Å². The van der Waals surface area contributed by atoms with Gasteiger partial charge in [0.2, 0.25) is 0 Å². The fourth-order valence-corrected chi connectivity index (χ4v) is 2.38. The first-order valence-electron chi connectivity index (χ1n) is 6.65. The molecule has 2 N–H and O–H groups in total. The van der Waals surface area contributed by atoms with Crippen molar-refractivity contribution >= 4 is 11.8 Å². The van der Waals surface area contributed by atoms with E-state index in [9.17, 15) is 9.90 Å². The van der Waals surface area contributed by atoms with Crippen molar-refractivity contribution in [2.24, 2.45) is 0 Å². The molecule has 0 amide bonds. The number of aromatic nitrogens is 2. The van der Waals surface area contributed by atoms with Gasteiger partial charge in [-0.25, -0.2) is 14.8 Å². The normalized spacial score (nSPS) is 16.0. The van der Waals surface area contributed by atoms with Crippen molar-refractivity contribution in [2.75, 3.05) is 5.32 Å². The van der Waals surface area contributed by atoms with Crippen LogP contribution in [0.5, 0.6) is 0 Å². The molecule has 0 saturated carbocycles. The van der Waals surface area contributed by atoms with Crippen LogP contribution in [0, 0.1) is 0 Å². The van der Waals surface area contributed by atoms with Crippen LogP contribution in [0.3, 0.4) is 0 Å². The molecule has 0 fully saturated rings. The minimum Gasteiger partial charge on any atom is -0.480 e. The number of rotatable bonds is 5. The van der Waals surface area contributed by atoms with Gasteiger partial charge in [0.1, 0.15) is 18.2 Å². The topological polar surface area (TPSA) is 75.1 Å². The highest BCUT2D eigenvalue weighted by molar-refractivity contribution is 5.77. The molecule has 0 spiro atoms. The summed E-state index contributed by atoms with van der Waals surface area (Å²) in [7, 11) is 0. The molecule has 0 radical (unpaired) electrons. The summed E-state index contributed by atoms with van der Waals surface area (Å²) in [4.78, 5) is 19.7. The van der Waals surface area contributed by atoms with E-state index in [1.165, 1.54) is 12.7 Å². The van der Waals surface area contributed by atoms with E-state index in [2.05, 4.69) is 21.9 Å². The molecule has 1 heterocycles. The highest BCUT2D eigenvalue weighted by atomic mass is 16.4. The molecular formula is C14H19N3O2. The standard InChI is InChI=1S/C14H19N3O2/c1-2-6-12(14(18)19)17-13-10-7-4-3-5-8-11(10)15-9-16-13/h2,9,12H,1,3-8H2,(H,18,19)(H,15,16,17). The molecule has 0 aromatic carbocycles. The average molecular weight is 261 g/mol. The predicted molar refractivity (Wildman–Crippen MR) is 73.2 cm³/mol. The van der Waals surface area contributed by atoms with Gasteiger partial charge in [0.05, 0.1) is 0 Å².